The number of sulfone groups is 1. The highest BCUT2D eigenvalue weighted by Crippen LogP contribution is 2.26. The number of hydrogen-bond acceptors (Lipinski definition) is 4. The van der Waals surface area contributed by atoms with Crippen LogP contribution in [0, 0.1) is 5.92 Å². The Labute approximate surface area is 107 Å². The zero-order chi connectivity index (χ0) is 12.8. The Bertz CT molecular complexity index is 550. The maximum atomic E-state index is 11.4. The molecule has 3 rings (SSSR count). The molecule has 3 heterocycles. The fourth-order valence-electron chi connectivity index (χ4n) is 2.94. The van der Waals surface area contributed by atoms with Crippen molar-refractivity contribution in [3.8, 4) is 0 Å². The van der Waals surface area contributed by atoms with Crippen LogP contribution in [-0.4, -0.2) is 34.6 Å². The lowest BCUT2D eigenvalue weighted by molar-refractivity contribution is 0.0780. The Hall–Kier alpha value is -0.880. The minimum atomic E-state index is -2.81. The third-order valence-corrected chi connectivity index (χ3v) is 5.70. The van der Waals surface area contributed by atoms with Gasteiger partial charge in [-0.3, -0.25) is 0 Å². The molecule has 1 fully saturated rings. The number of aryl methyl sites for hydroxylation is 1. The van der Waals surface area contributed by atoms with E-state index in [-0.39, 0.29) is 11.7 Å². The van der Waals surface area contributed by atoms with Crippen molar-refractivity contribution >= 4 is 9.84 Å². The van der Waals surface area contributed by atoms with Gasteiger partial charge < -0.3 is 9.67 Å². The lowest BCUT2D eigenvalue weighted by atomic mass is 10.0. The molecule has 0 spiro atoms. The Morgan fingerprint density at radius 3 is 2.94 bits per heavy atom. The first kappa shape index (κ1) is 12.2. The normalized spacial score (nSPS) is 30.3. The maximum absolute atomic E-state index is 11.4. The second-order valence-electron chi connectivity index (χ2n) is 5.40. The third kappa shape index (κ3) is 2.31. The molecular weight excluding hydrogens is 252 g/mol. The summed E-state index contributed by atoms with van der Waals surface area (Å²) < 4.78 is 24.7. The Kier molecular flexibility index (Phi) is 2.94. The number of aliphatic hydroxyl groups excluding tert-OH is 1. The number of aliphatic hydroxyl groups is 1. The van der Waals surface area contributed by atoms with Gasteiger partial charge in [-0.25, -0.2) is 13.4 Å². The van der Waals surface area contributed by atoms with Gasteiger partial charge in [0, 0.05) is 12.6 Å². The minimum Gasteiger partial charge on any atom is -0.373 e. The average Bonchev–Trinajstić information content (AvgIpc) is 2.83. The first-order chi connectivity index (χ1) is 8.53. The fourth-order valence-corrected chi connectivity index (χ4v) is 4.80. The largest absolute Gasteiger partial charge is 0.373 e. The van der Waals surface area contributed by atoms with Crippen molar-refractivity contribution in [3.63, 3.8) is 0 Å². The zero-order valence-electron chi connectivity index (χ0n) is 10.2. The van der Waals surface area contributed by atoms with Crippen LogP contribution in [0.25, 0.3) is 0 Å². The minimum absolute atomic E-state index is 0.198. The summed E-state index contributed by atoms with van der Waals surface area (Å²) in [6, 6.07) is 0. The summed E-state index contributed by atoms with van der Waals surface area (Å²) in [7, 11) is -2.81. The number of hydrogen-bond donors (Lipinski definition) is 1. The highest BCUT2D eigenvalue weighted by atomic mass is 32.2. The van der Waals surface area contributed by atoms with Crippen molar-refractivity contribution in [3.05, 3.63) is 17.7 Å². The van der Waals surface area contributed by atoms with Gasteiger partial charge in [0.1, 0.15) is 12.1 Å². The Balaban J connectivity index is 1.74. The molecular formula is C12H18N2O3S. The summed E-state index contributed by atoms with van der Waals surface area (Å²) in [6.45, 7) is 0. The number of imidazole rings is 1. The van der Waals surface area contributed by atoms with E-state index < -0.39 is 16.1 Å². The molecule has 0 aliphatic carbocycles. The molecule has 18 heavy (non-hydrogen) atoms. The summed E-state index contributed by atoms with van der Waals surface area (Å²) in [5.74, 6) is 1.74. The van der Waals surface area contributed by atoms with Gasteiger partial charge in [-0.1, -0.05) is 0 Å². The van der Waals surface area contributed by atoms with E-state index in [0.29, 0.717) is 12.2 Å². The van der Waals surface area contributed by atoms with Crippen molar-refractivity contribution in [1.82, 2.24) is 9.55 Å². The first-order valence-corrected chi connectivity index (χ1v) is 8.31. The molecule has 0 radical (unpaired) electrons. The van der Waals surface area contributed by atoms with Crippen LogP contribution >= 0.6 is 0 Å². The molecule has 1 saturated heterocycles. The van der Waals surface area contributed by atoms with Crippen molar-refractivity contribution in [2.45, 2.75) is 38.3 Å². The molecule has 1 aromatic rings. The number of aromatic nitrogens is 2. The van der Waals surface area contributed by atoms with E-state index in [1.54, 1.807) is 0 Å². The van der Waals surface area contributed by atoms with Gasteiger partial charge in [-0.15, -0.1) is 0 Å². The number of rotatable bonds is 2. The highest BCUT2D eigenvalue weighted by molar-refractivity contribution is 7.91. The van der Waals surface area contributed by atoms with Crippen LogP contribution in [0.3, 0.4) is 0 Å². The topological polar surface area (TPSA) is 72.2 Å². The van der Waals surface area contributed by atoms with E-state index in [4.69, 9.17) is 0 Å². The summed E-state index contributed by atoms with van der Waals surface area (Å²) in [5.41, 5.74) is 0.924. The van der Waals surface area contributed by atoms with E-state index in [0.717, 1.165) is 37.2 Å². The van der Waals surface area contributed by atoms with Crippen LogP contribution in [0.4, 0.5) is 0 Å². The van der Waals surface area contributed by atoms with E-state index in [9.17, 15) is 13.5 Å². The lowest BCUT2D eigenvalue weighted by Crippen LogP contribution is -2.16. The molecule has 2 aliphatic heterocycles. The van der Waals surface area contributed by atoms with Crippen LogP contribution in [0.15, 0.2) is 6.20 Å². The molecule has 100 valence electrons. The zero-order valence-corrected chi connectivity index (χ0v) is 11.1. The van der Waals surface area contributed by atoms with Gasteiger partial charge in [-0.2, -0.15) is 0 Å². The number of nitrogens with zero attached hydrogens (tertiary/aromatic N) is 2. The lowest BCUT2D eigenvalue weighted by Gasteiger charge is -2.19. The van der Waals surface area contributed by atoms with Crippen LogP contribution in [0.2, 0.25) is 0 Å². The summed E-state index contributed by atoms with van der Waals surface area (Å²) >= 11 is 0. The quantitative estimate of drug-likeness (QED) is 0.858. The SMILES string of the molecule is O=S1(=O)CCC(Cc2cn3c(n2)CCCC3O)C1. The molecule has 0 amide bonds. The second-order valence-corrected chi connectivity index (χ2v) is 7.63. The Morgan fingerprint density at radius 2 is 2.28 bits per heavy atom. The smallest absolute Gasteiger partial charge is 0.150 e. The van der Waals surface area contributed by atoms with E-state index >= 15 is 0 Å². The molecule has 2 aliphatic rings. The van der Waals surface area contributed by atoms with Crippen LogP contribution in [0.5, 0.6) is 0 Å². The van der Waals surface area contributed by atoms with Crippen molar-refractivity contribution < 1.29 is 13.5 Å². The highest BCUT2D eigenvalue weighted by Gasteiger charge is 2.29. The van der Waals surface area contributed by atoms with Gasteiger partial charge >= 0.3 is 0 Å². The monoisotopic (exact) mass is 270 g/mol. The van der Waals surface area contributed by atoms with Crippen molar-refractivity contribution in [2.24, 2.45) is 5.92 Å². The molecule has 0 saturated carbocycles. The van der Waals surface area contributed by atoms with Crippen molar-refractivity contribution in [2.75, 3.05) is 11.5 Å². The standard InChI is InChI=1S/C12H18N2O3S/c15-12-3-1-2-11-13-10(7-14(11)12)6-9-4-5-18(16,17)8-9/h7,9,12,15H,1-6,8H2. The van der Waals surface area contributed by atoms with Crippen LogP contribution in [0.1, 0.15) is 37.0 Å². The molecule has 1 N–H and O–H groups in total. The Morgan fingerprint density at radius 1 is 1.44 bits per heavy atom. The summed E-state index contributed by atoms with van der Waals surface area (Å²) in [5, 5.41) is 9.85. The predicted octanol–water partition coefficient (Wildman–Crippen LogP) is 0.688. The van der Waals surface area contributed by atoms with Crippen molar-refractivity contribution in [1.29, 1.82) is 0 Å². The third-order valence-electron chi connectivity index (χ3n) is 3.87. The molecule has 1 aromatic heterocycles. The maximum Gasteiger partial charge on any atom is 0.150 e. The average molecular weight is 270 g/mol. The molecule has 2 unspecified atom stereocenters. The van der Waals surface area contributed by atoms with Gasteiger partial charge in [0.25, 0.3) is 0 Å². The van der Waals surface area contributed by atoms with E-state index in [2.05, 4.69) is 4.98 Å². The van der Waals surface area contributed by atoms with Gasteiger partial charge in [0.05, 0.1) is 17.2 Å². The molecule has 6 heteroatoms. The van der Waals surface area contributed by atoms with Crippen LogP contribution in [-0.2, 0) is 22.7 Å². The molecule has 2 atom stereocenters. The van der Waals surface area contributed by atoms with E-state index in [1.807, 2.05) is 10.8 Å². The molecule has 5 nitrogen and oxygen atoms in total. The van der Waals surface area contributed by atoms with Gasteiger partial charge in [0.2, 0.25) is 0 Å². The van der Waals surface area contributed by atoms with Crippen LogP contribution < -0.4 is 0 Å². The van der Waals surface area contributed by atoms with Gasteiger partial charge in [-0.05, 0) is 31.6 Å². The van der Waals surface area contributed by atoms with E-state index in [1.165, 1.54) is 0 Å². The first-order valence-electron chi connectivity index (χ1n) is 6.48. The summed E-state index contributed by atoms with van der Waals surface area (Å²) in [4.78, 5) is 4.52. The molecule has 0 bridgehead atoms. The fraction of sp³-hybridized carbons (Fsp3) is 0.750. The second kappa shape index (κ2) is 4.35. The predicted molar refractivity (Wildman–Crippen MR) is 66.9 cm³/mol. The van der Waals surface area contributed by atoms with Gasteiger partial charge in [0.15, 0.2) is 9.84 Å². The number of fused-ring (bicyclic) bond motifs is 1. The molecule has 0 aromatic carbocycles. The summed E-state index contributed by atoms with van der Waals surface area (Å²) in [6.07, 6.45) is 5.54.